The molecule has 0 heterocycles. The van der Waals surface area contributed by atoms with E-state index < -0.39 is 6.61 Å². The van der Waals surface area contributed by atoms with Crippen LogP contribution in [0.5, 0.6) is 11.5 Å². The molecular formula is C11H13F2NO2. The zero-order valence-corrected chi connectivity index (χ0v) is 8.82. The summed E-state index contributed by atoms with van der Waals surface area (Å²) in [7, 11) is 1.39. The fraction of sp³-hybridized carbons (Fsp3) is 0.273. The minimum absolute atomic E-state index is 0.0161. The molecule has 1 aromatic rings. The Labute approximate surface area is 92.5 Å². The van der Waals surface area contributed by atoms with Crippen molar-refractivity contribution in [3.05, 3.63) is 29.8 Å². The fourth-order valence-electron chi connectivity index (χ4n) is 1.19. The maximum absolute atomic E-state index is 12.0. The first kappa shape index (κ1) is 12.4. The lowest BCUT2D eigenvalue weighted by atomic mass is 10.2. The molecular weight excluding hydrogens is 216 g/mol. The molecule has 16 heavy (non-hydrogen) atoms. The van der Waals surface area contributed by atoms with Crippen LogP contribution < -0.4 is 15.2 Å². The molecule has 2 N–H and O–H groups in total. The van der Waals surface area contributed by atoms with E-state index in [4.69, 9.17) is 10.5 Å². The average Bonchev–Trinajstić information content (AvgIpc) is 2.27. The molecule has 1 aromatic carbocycles. The van der Waals surface area contributed by atoms with Gasteiger partial charge in [-0.3, -0.25) is 0 Å². The van der Waals surface area contributed by atoms with Crippen molar-refractivity contribution in [3.63, 3.8) is 0 Å². The van der Waals surface area contributed by atoms with Crippen molar-refractivity contribution in [2.24, 2.45) is 5.73 Å². The number of hydrogen-bond donors (Lipinski definition) is 1. The molecule has 0 bridgehead atoms. The van der Waals surface area contributed by atoms with Crippen LogP contribution in [0.1, 0.15) is 5.56 Å². The Hall–Kier alpha value is -1.62. The summed E-state index contributed by atoms with van der Waals surface area (Å²) < 4.78 is 33.3. The summed E-state index contributed by atoms with van der Waals surface area (Å²) in [5.41, 5.74) is 6.11. The highest BCUT2D eigenvalue weighted by Crippen LogP contribution is 2.29. The van der Waals surface area contributed by atoms with E-state index >= 15 is 0 Å². The Morgan fingerprint density at radius 1 is 1.38 bits per heavy atom. The molecule has 0 fully saturated rings. The van der Waals surface area contributed by atoms with Gasteiger partial charge in [0.15, 0.2) is 11.5 Å². The Balaban J connectivity index is 2.92. The number of alkyl halides is 2. The summed E-state index contributed by atoms with van der Waals surface area (Å²) in [5.74, 6) is 0.280. The third-order valence-corrected chi connectivity index (χ3v) is 1.85. The summed E-state index contributed by atoms with van der Waals surface area (Å²) >= 11 is 0. The zero-order valence-electron chi connectivity index (χ0n) is 8.82. The molecule has 0 saturated carbocycles. The van der Waals surface area contributed by atoms with E-state index in [9.17, 15) is 8.78 Å². The van der Waals surface area contributed by atoms with Gasteiger partial charge >= 0.3 is 6.61 Å². The van der Waals surface area contributed by atoms with E-state index in [0.717, 1.165) is 5.56 Å². The number of nitrogens with two attached hydrogens (primary N) is 1. The van der Waals surface area contributed by atoms with Gasteiger partial charge in [0.1, 0.15) is 0 Å². The maximum atomic E-state index is 12.0. The van der Waals surface area contributed by atoms with Crippen LogP contribution in [0, 0.1) is 0 Å². The SMILES string of the molecule is COc1cc(C=CCN)ccc1OC(F)F. The molecule has 0 amide bonds. The Kier molecular flexibility index (Phi) is 4.72. The van der Waals surface area contributed by atoms with Crippen LogP contribution in [0.15, 0.2) is 24.3 Å². The highest BCUT2D eigenvalue weighted by molar-refractivity contribution is 5.55. The predicted octanol–water partition coefficient (Wildman–Crippen LogP) is 2.27. The third-order valence-electron chi connectivity index (χ3n) is 1.85. The second kappa shape index (κ2) is 6.07. The number of hydrogen-bond acceptors (Lipinski definition) is 3. The second-order valence-corrected chi connectivity index (χ2v) is 2.93. The molecule has 0 radical (unpaired) electrons. The van der Waals surface area contributed by atoms with Crippen molar-refractivity contribution in [3.8, 4) is 11.5 Å². The van der Waals surface area contributed by atoms with Gasteiger partial charge in [0.2, 0.25) is 0 Å². The number of methoxy groups -OCH3 is 1. The predicted molar refractivity (Wildman–Crippen MR) is 57.7 cm³/mol. The highest BCUT2D eigenvalue weighted by Gasteiger charge is 2.09. The standard InChI is InChI=1S/C11H13F2NO2/c1-15-10-7-8(3-2-6-14)4-5-9(10)16-11(12)13/h2-5,7,11H,6,14H2,1H3. The van der Waals surface area contributed by atoms with Gasteiger partial charge in [0.05, 0.1) is 7.11 Å². The van der Waals surface area contributed by atoms with Crippen LogP contribution >= 0.6 is 0 Å². The van der Waals surface area contributed by atoms with Crippen molar-refractivity contribution in [2.45, 2.75) is 6.61 Å². The van der Waals surface area contributed by atoms with Gasteiger partial charge < -0.3 is 15.2 Å². The Morgan fingerprint density at radius 3 is 2.69 bits per heavy atom. The molecule has 0 spiro atoms. The van der Waals surface area contributed by atoms with Crippen LogP contribution in [0.4, 0.5) is 8.78 Å². The lowest BCUT2D eigenvalue weighted by molar-refractivity contribution is -0.0512. The lowest BCUT2D eigenvalue weighted by Crippen LogP contribution is -2.03. The van der Waals surface area contributed by atoms with E-state index in [0.29, 0.717) is 6.54 Å². The smallest absolute Gasteiger partial charge is 0.387 e. The number of halogens is 2. The number of rotatable bonds is 5. The van der Waals surface area contributed by atoms with Gasteiger partial charge in [0, 0.05) is 6.54 Å². The quantitative estimate of drug-likeness (QED) is 0.842. The first-order chi connectivity index (χ1) is 7.67. The summed E-state index contributed by atoms with van der Waals surface area (Å²) in [4.78, 5) is 0. The van der Waals surface area contributed by atoms with E-state index in [1.807, 2.05) is 0 Å². The molecule has 0 unspecified atom stereocenters. The van der Waals surface area contributed by atoms with Crippen LogP contribution in [-0.4, -0.2) is 20.3 Å². The topological polar surface area (TPSA) is 44.5 Å². The first-order valence-electron chi connectivity index (χ1n) is 4.67. The molecule has 0 aliphatic carbocycles. The van der Waals surface area contributed by atoms with Gasteiger partial charge in [-0.05, 0) is 17.7 Å². The van der Waals surface area contributed by atoms with E-state index in [-0.39, 0.29) is 11.5 Å². The van der Waals surface area contributed by atoms with E-state index in [1.54, 1.807) is 24.3 Å². The van der Waals surface area contributed by atoms with Crippen LogP contribution in [0.3, 0.4) is 0 Å². The van der Waals surface area contributed by atoms with Crippen molar-refractivity contribution in [1.29, 1.82) is 0 Å². The molecule has 5 heteroatoms. The van der Waals surface area contributed by atoms with Crippen molar-refractivity contribution < 1.29 is 18.3 Å². The minimum Gasteiger partial charge on any atom is -0.493 e. The number of benzene rings is 1. The van der Waals surface area contributed by atoms with Gasteiger partial charge in [-0.25, -0.2) is 0 Å². The van der Waals surface area contributed by atoms with E-state index in [1.165, 1.54) is 13.2 Å². The van der Waals surface area contributed by atoms with Crippen LogP contribution in [-0.2, 0) is 0 Å². The molecule has 1 rings (SSSR count). The van der Waals surface area contributed by atoms with Crippen molar-refractivity contribution in [1.82, 2.24) is 0 Å². The summed E-state index contributed by atoms with van der Waals surface area (Å²) in [5, 5.41) is 0. The largest absolute Gasteiger partial charge is 0.493 e. The normalized spacial score (nSPS) is 11.1. The average molecular weight is 229 g/mol. The van der Waals surface area contributed by atoms with Crippen LogP contribution in [0.2, 0.25) is 0 Å². The minimum atomic E-state index is -2.86. The molecule has 3 nitrogen and oxygen atoms in total. The molecule has 0 aliphatic rings. The lowest BCUT2D eigenvalue weighted by Gasteiger charge is -2.10. The molecule has 88 valence electrons. The van der Waals surface area contributed by atoms with E-state index in [2.05, 4.69) is 4.74 Å². The third kappa shape index (κ3) is 3.51. The van der Waals surface area contributed by atoms with Crippen molar-refractivity contribution in [2.75, 3.05) is 13.7 Å². The van der Waals surface area contributed by atoms with Gasteiger partial charge in [-0.1, -0.05) is 18.2 Å². The zero-order chi connectivity index (χ0) is 12.0. The fourth-order valence-corrected chi connectivity index (χ4v) is 1.19. The molecule has 0 aromatic heterocycles. The first-order valence-corrected chi connectivity index (χ1v) is 4.67. The van der Waals surface area contributed by atoms with Crippen LogP contribution in [0.25, 0.3) is 6.08 Å². The highest BCUT2D eigenvalue weighted by atomic mass is 19.3. The molecule has 0 saturated heterocycles. The van der Waals surface area contributed by atoms with Gasteiger partial charge in [0.25, 0.3) is 0 Å². The summed E-state index contributed by atoms with van der Waals surface area (Å²) in [6.07, 6.45) is 3.52. The molecule has 0 atom stereocenters. The monoisotopic (exact) mass is 229 g/mol. The second-order valence-electron chi connectivity index (χ2n) is 2.93. The Morgan fingerprint density at radius 2 is 2.12 bits per heavy atom. The summed E-state index contributed by atoms with van der Waals surface area (Å²) in [6.45, 7) is -2.45. The molecule has 0 aliphatic heterocycles. The van der Waals surface area contributed by atoms with Crippen molar-refractivity contribution >= 4 is 6.08 Å². The number of ether oxygens (including phenoxy) is 2. The van der Waals surface area contributed by atoms with Gasteiger partial charge in [-0.2, -0.15) is 8.78 Å². The maximum Gasteiger partial charge on any atom is 0.387 e. The summed E-state index contributed by atoms with van der Waals surface area (Å²) in [6, 6.07) is 4.68. The Bertz CT molecular complexity index is 367. The van der Waals surface area contributed by atoms with Gasteiger partial charge in [-0.15, -0.1) is 0 Å².